The van der Waals surface area contributed by atoms with E-state index >= 15 is 0 Å². The molecule has 184 valence electrons. The SMILES string of the molecule is COC(=O)c1cccc(CNC(=S)N2CCc3c([nH]c4ccccc34)C2)c1.c1ccc2c(c1)OCO2. The molecule has 0 unspecified atom stereocenters. The molecule has 0 saturated heterocycles. The maximum absolute atomic E-state index is 11.7. The average molecular weight is 502 g/mol. The maximum Gasteiger partial charge on any atom is 0.337 e. The van der Waals surface area contributed by atoms with Crippen molar-refractivity contribution in [3.63, 3.8) is 0 Å². The number of nitrogens with one attached hydrogen (secondary N) is 2. The van der Waals surface area contributed by atoms with Crippen molar-refractivity contribution in [3.05, 3.63) is 95.2 Å². The monoisotopic (exact) mass is 501 g/mol. The van der Waals surface area contributed by atoms with Crippen molar-refractivity contribution in [1.29, 1.82) is 0 Å². The number of carbonyl (C=O) groups excluding carboxylic acids is 1. The van der Waals surface area contributed by atoms with Crippen LogP contribution >= 0.6 is 12.2 Å². The molecule has 7 nitrogen and oxygen atoms in total. The molecule has 1 aromatic heterocycles. The molecule has 0 saturated carbocycles. The highest BCUT2D eigenvalue weighted by atomic mass is 32.1. The van der Waals surface area contributed by atoms with Crippen molar-refractivity contribution < 1.29 is 19.0 Å². The first-order valence-electron chi connectivity index (χ1n) is 11.8. The molecule has 6 rings (SSSR count). The van der Waals surface area contributed by atoms with E-state index in [2.05, 4.69) is 39.5 Å². The van der Waals surface area contributed by atoms with Gasteiger partial charge in [-0.3, -0.25) is 0 Å². The first-order chi connectivity index (χ1) is 17.6. The molecule has 36 heavy (non-hydrogen) atoms. The van der Waals surface area contributed by atoms with E-state index in [1.54, 1.807) is 6.07 Å². The number of methoxy groups -OCH3 is 1. The summed E-state index contributed by atoms with van der Waals surface area (Å²) in [6.07, 6.45) is 0.971. The van der Waals surface area contributed by atoms with E-state index in [-0.39, 0.29) is 5.97 Å². The lowest BCUT2D eigenvalue weighted by atomic mass is 10.0. The normalized spacial score (nSPS) is 13.4. The second kappa shape index (κ2) is 10.7. The van der Waals surface area contributed by atoms with Crippen molar-refractivity contribution in [2.75, 3.05) is 20.4 Å². The molecule has 0 spiro atoms. The van der Waals surface area contributed by atoms with Gasteiger partial charge in [0.15, 0.2) is 16.6 Å². The number of ether oxygens (including phenoxy) is 3. The smallest absolute Gasteiger partial charge is 0.337 e. The zero-order valence-corrected chi connectivity index (χ0v) is 20.8. The topological polar surface area (TPSA) is 75.8 Å². The van der Waals surface area contributed by atoms with Gasteiger partial charge in [0, 0.05) is 29.7 Å². The number of esters is 1. The Morgan fingerprint density at radius 2 is 1.81 bits per heavy atom. The summed E-state index contributed by atoms with van der Waals surface area (Å²) in [7, 11) is 1.39. The summed E-state index contributed by atoms with van der Waals surface area (Å²) in [6, 6.07) is 23.4. The molecule has 2 aliphatic rings. The fourth-order valence-electron chi connectivity index (χ4n) is 4.43. The lowest BCUT2D eigenvalue weighted by molar-refractivity contribution is 0.0600. The van der Waals surface area contributed by atoms with Gasteiger partial charge in [-0.1, -0.05) is 42.5 Å². The number of hydrogen-bond acceptors (Lipinski definition) is 5. The first-order valence-corrected chi connectivity index (χ1v) is 12.2. The van der Waals surface area contributed by atoms with E-state index in [1.165, 1.54) is 29.3 Å². The lowest BCUT2D eigenvalue weighted by Crippen LogP contribution is -2.42. The minimum absolute atomic E-state index is 0.332. The van der Waals surface area contributed by atoms with Gasteiger partial charge >= 0.3 is 5.97 Å². The summed E-state index contributed by atoms with van der Waals surface area (Å²) in [5.74, 6) is 1.36. The number of aromatic amines is 1. The molecule has 0 bridgehead atoms. The van der Waals surface area contributed by atoms with Crippen LogP contribution in [0.15, 0.2) is 72.8 Å². The standard InChI is InChI=1S/C21H21N3O2S.C7H6O2/c1-26-20(25)15-6-4-5-14(11-15)12-22-21(27)24-10-9-17-16-7-2-3-8-18(16)23-19(17)13-24;1-2-4-7-6(3-1)8-5-9-7/h2-8,11,23H,9-10,12-13H2,1H3,(H,22,27);1-4H,5H2. The summed E-state index contributed by atoms with van der Waals surface area (Å²) in [6.45, 7) is 2.60. The zero-order valence-electron chi connectivity index (χ0n) is 20.0. The fourth-order valence-corrected chi connectivity index (χ4v) is 4.66. The summed E-state index contributed by atoms with van der Waals surface area (Å²) in [4.78, 5) is 17.4. The predicted molar refractivity (Wildman–Crippen MR) is 142 cm³/mol. The number of nitrogens with zero attached hydrogens (tertiary/aromatic N) is 1. The Kier molecular flexibility index (Phi) is 7.04. The molecule has 0 radical (unpaired) electrons. The largest absolute Gasteiger partial charge is 0.465 e. The number of carbonyl (C=O) groups is 1. The molecule has 4 aromatic rings. The number of rotatable bonds is 3. The number of benzene rings is 3. The van der Waals surface area contributed by atoms with Gasteiger partial charge in [0.1, 0.15) is 0 Å². The molecule has 2 aliphatic heterocycles. The van der Waals surface area contributed by atoms with Crippen LogP contribution in [-0.2, 0) is 24.2 Å². The van der Waals surface area contributed by atoms with Crippen molar-refractivity contribution in [2.45, 2.75) is 19.5 Å². The van der Waals surface area contributed by atoms with Gasteiger partial charge in [0.25, 0.3) is 0 Å². The molecular weight excluding hydrogens is 474 g/mol. The molecule has 0 amide bonds. The third-order valence-electron chi connectivity index (χ3n) is 6.24. The summed E-state index contributed by atoms with van der Waals surface area (Å²) in [5, 5.41) is 5.34. The number of H-pyrrole nitrogens is 1. The van der Waals surface area contributed by atoms with Crippen LogP contribution in [0, 0.1) is 0 Å². The van der Waals surface area contributed by atoms with Gasteiger partial charge in [-0.2, -0.15) is 0 Å². The Balaban J connectivity index is 0.000000247. The van der Waals surface area contributed by atoms with Crippen molar-refractivity contribution >= 4 is 34.2 Å². The van der Waals surface area contributed by atoms with E-state index in [0.29, 0.717) is 18.9 Å². The van der Waals surface area contributed by atoms with Crippen molar-refractivity contribution in [2.24, 2.45) is 0 Å². The fraction of sp³-hybridized carbons (Fsp3) is 0.214. The molecule has 8 heteroatoms. The second-order valence-corrected chi connectivity index (χ2v) is 8.89. The quantitative estimate of drug-likeness (QED) is 0.308. The van der Waals surface area contributed by atoms with Gasteiger partial charge in [0.2, 0.25) is 6.79 Å². The Labute approximate surface area is 215 Å². The Bertz CT molecular complexity index is 1380. The maximum atomic E-state index is 11.7. The van der Waals surface area contributed by atoms with Crippen LogP contribution in [0.25, 0.3) is 10.9 Å². The highest BCUT2D eigenvalue weighted by Gasteiger charge is 2.22. The van der Waals surface area contributed by atoms with E-state index in [0.717, 1.165) is 41.7 Å². The molecular formula is C28H27N3O4S. The van der Waals surface area contributed by atoms with Crippen LogP contribution in [-0.4, -0.2) is 41.4 Å². The van der Waals surface area contributed by atoms with Gasteiger partial charge < -0.3 is 29.4 Å². The summed E-state index contributed by atoms with van der Waals surface area (Å²) in [5.41, 5.74) is 5.35. The van der Waals surface area contributed by atoms with Crippen molar-refractivity contribution in [1.82, 2.24) is 15.2 Å². The van der Waals surface area contributed by atoms with Crippen LogP contribution in [0.4, 0.5) is 0 Å². The van der Waals surface area contributed by atoms with Gasteiger partial charge in [-0.15, -0.1) is 0 Å². The highest BCUT2D eigenvalue weighted by molar-refractivity contribution is 7.80. The minimum Gasteiger partial charge on any atom is -0.465 e. The Morgan fingerprint density at radius 1 is 1.06 bits per heavy atom. The van der Waals surface area contributed by atoms with E-state index in [1.807, 2.05) is 42.5 Å². The van der Waals surface area contributed by atoms with Crippen LogP contribution < -0.4 is 14.8 Å². The van der Waals surface area contributed by atoms with Gasteiger partial charge in [-0.25, -0.2) is 4.79 Å². The third-order valence-corrected chi connectivity index (χ3v) is 6.64. The lowest BCUT2D eigenvalue weighted by Gasteiger charge is -2.29. The summed E-state index contributed by atoms with van der Waals surface area (Å²) < 4.78 is 14.9. The minimum atomic E-state index is -0.332. The molecule has 3 heterocycles. The van der Waals surface area contributed by atoms with Crippen LogP contribution in [0.5, 0.6) is 11.5 Å². The molecule has 0 aliphatic carbocycles. The van der Waals surface area contributed by atoms with Gasteiger partial charge in [-0.05, 0) is 60.1 Å². The molecule has 2 N–H and O–H groups in total. The Hall–Kier alpha value is -4.04. The number of hydrogen-bond donors (Lipinski definition) is 2. The molecule has 0 atom stereocenters. The van der Waals surface area contributed by atoms with Crippen molar-refractivity contribution in [3.8, 4) is 11.5 Å². The number of fused-ring (bicyclic) bond motifs is 4. The summed E-state index contributed by atoms with van der Waals surface area (Å²) >= 11 is 5.60. The first kappa shape index (κ1) is 23.7. The average Bonchev–Trinajstić information content (AvgIpc) is 3.56. The Morgan fingerprint density at radius 3 is 2.58 bits per heavy atom. The number of aromatic nitrogens is 1. The number of thiocarbonyl (C=S) groups is 1. The predicted octanol–water partition coefficient (Wildman–Crippen LogP) is 4.80. The van der Waals surface area contributed by atoms with Crippen LogP contribution in [0.2, 0.25) is 0 Å². The van der Waals surface area contributed by atoms with E-state index in [4.69, 9.17) is 26.4 Å². The molecule has 0 fully saturated rings. The van der Waals surface area contributed by atoms with Crippen LogP contribution in [0.3, 0.4) is 0 Å². The third kappa shape index (κ3) is 5.13. The van der Waals surface area contributed by atoms with E-state index in [9.17, 15) is 4.79 Å². The zero-order chi connectivity index (χ0) is 24.9. The van der Waals surface area contributed by atoms with E-state index < -0.39 is 0 Å². The second-order valence-electron chi connectivity index (χ2n) is 8.50. The molecule has 3 aromatic carbocycles. The van der Waals surface area contributed by atoms with Gasteiger partial charge in [0.05, 0.1) is 19.2 Å². The number of para-hydroxylation sites is 3. The highest BCUT2D eigenvalue weighted by Crippen LogP contribution is 2.30. The van der Waals surface area contributed by atoms with Crippen LogP contribution in [0.1, 0.15) is 27.2 Å².